The molecule has 0 unspecified atom stereocenters. The van der Waals surface area contributed by atoms with E-state index in [2.05, 4.69) is 4.99 Å². The van der Waals surface area contributed by atoms with Crippen LogP contribution in [0.2, 0.25) is 0 Å². The number of halogens is 2. The van der Waals surface area contributed by atoms with Gasteiger partial charge in [-0.3, -0.25) is 0 Å². The van der Waals surface area contributed by atoms with Gasteiger partial charge in [-0.05, 0) is 5.92 Å². The van der Waals surface area contributed by atoms with E-state index in [0.29, 0.717) is 0 Å². The molecule has 1 saturated carbocycles. The first-order valence-corrected chi connectivity index (χ1v) is 5.11. The summed E-state index contributed by atoms with van der Waals surface area (Å²) >= 11 is 0. The van der Waals surface area contributed by atoms with E-state index in [1.165, 1.54) is 0 Å². The predicted octanol–water partition coefficient (Wildman–Crippen LogP) is 3.28. The molecule has 0 aromatic rings. The first-order chi connectivity index (χ1) is 6.64. The Kier molecular flexibility index (Phi) is 4.21. The van der Waals surface area contributed by atoms with Crippen LogP contribution in [0.1, 0.15) is 44.9 Å². The van der Waals surface area contributed by atoms with Gasteiger partial charge in [0.2, 0.25) is 6.08 Å². The Morgan fingerprint density at radius 1 is 1.21 bits per heavy atom. The zero-order valence-corrected chi connectivity index (χ0v) is 8.14. The molecule has 0 aromatic heterocycles. The van der Waals surface area contributed by atoms with Crippen LogP contribution in [0.5, 0.6) is 0 Å². The lowest BCUT2D eigenvalue weighted by atomic mass is 9.96. The molecule has 0 N–H and O–H groups in total. The molecule has 0 aromatic carbocycles. The second kappa shape index (κ2) is 5.20. The minimum Gasteiger partial charge on any atom is -0.211 e. The van der Waals surface area contributed by atoms with Crippen molar-refractivity contribution in [3.05, 3.63) is 0 Å². The van der Waals surface area contributed by atoms with Crippen molar-refractivity contribution >= 4 is 6.08 Å². The van der Waals surface area contributed by atoms with Gasteiger partial charge < -0.3 is 0 Å². The number of nitrogens with zero attached hydrogens (tertiary/aromatic N) is 1. The van der Waals surface area contributed by atoms with Gasteiger partial charge >= 0.3 is 6.05 Å². The lowest BCUT2D eigenvalue weighted by Gasteiger charge is -2.17. The average Bonchev–Trinajstić information content (AvgIpc) is 2.31. The number of carbonyl (C=O) groups excluding carboxylic acids is 1. The summed E-state index contributed by atoms with van der Waals surface area (Å²) in [7, 11) is 0. The van der Waals surface area contributed by atoms with E-state index in [1.54, 1.807) is 0 Å². The summed E-state index contributed by atoms with van der Waals surface area (Å²) in [5.74, 6) is 0.0181. The monoisotopic (exact) mass is 203 g/mol. The molecule has 0 spiro atoms. The Balaban J connectivity index is 2.44. The van der Waals surface area contributed by atoms with Crippen molar-refractivity contribution in [1.29, 1.82) is 0 Å². The van der Waals surface area contributed by atoms with Crippen molar-refractivity contribution in [3.8, 4) is 0 Å². The number of hydrogen-bond acceptors (Lipinski definition) is 2. The highest BCUT2D eigenvalue weighted by molar-refractivity contribution is 5.33. The Labute approximate surface area is 82.4 Å². The lowest BCUT2D eigenvalue weighted by molar-refractivity contribution is -0.0155. The highest BCUT2D eigenvalue weighted by Crippen LogP contribution is 2.32. The maximum absolute atomic E-state index is 12.9. The van der Waals surface area contributed by atoms with E-state index >= 15 is 0 Å². The number of rotatable bonds is 3. The first-order valence-electron chi connectivity index (χ1n) is 5.11. The van der Waals surface area contributed by atoms with Crippen LogP contribution in [0.25, 0.3) is 0 Å². The molecule has 1 aliphatic carbocycles. The standard InChI is InChI=1S/C10H15F2NO/c11-10(12,13-8-14)7-9-5-3-1-2-4-6-9/h9H,1-7H2. The zero-order chi connectivity index (χ0) is 10.4. The molecule has 0 bridgehead atoms. The van der Waals surface area contributed by atoms with E-state index < -0.39 is 6.05 Å². The topological polar surface area (TPSA) is 29.4 Å². The molecule has 80 valence electrons. The van der Waals surface area contributed by atoms with Crippen molar-refractivity contribution in [1.82, 2.24) is 0 Å². The zero-order valence-electron chi connectivity index (χ0n) is 8.14. The van der Waals surface area contributed by atoms with Gasteiger partial charge in [0.15, 0.2) is 0 Å². The van der Waals surface area contributed by atoms with Crippen molar-refractivity contribution in [2.24, 2.45) is 10.9 Å². The van der Waals surface area contributed by atoms with E-state index in [0.717, 1.165) is 44.6 Å². The summed E-state index contributed by atoms with van der Waals surface area (Å²) in [6.45, 7) is 0. The summed E-state index contributed by atoms with van der Waals surface area (Å²) in [6.07, 6.45) is 6.64. The molecular formula is C10H15F2NO. The van der Waals surface area contributed by atoms with Crippen molar-refractivity contribution in [2.75, 3.05) is 0 Å². The number of isocyanates is 1. The van der Waals surface area contributed by atoms with Gasteiger partial charge in [-0.2, -0.15) is 8.78 Å². The van der Waals surface area contributed by atoms with Gasteiger partial charge in [0.25, 0.3) is 0 Å². The highest BCUT2D eigenvalue weighted by Gasteiger charge is 2.32. The van der Waals surface area contributed by atoms with Crippen molar-refractivity contribution in [3.63, 3.8) is 0 Å². The fraction of sp³-hybridized carbons (Fsp3) is 0.900. The molecule has 0 heterocycles. The number of aliphatic imine (C=N–C) groups is 1. The molecule has 0 atom stereocenters. The number of hydrogen-bond donors (Lipinski definition) is 0. The fourth-order valence-electron chi connectivity index (χ4n) is 2.03. The Morgan fingerprint density at radius 3 is 2.29 bits per heavy atom. The van der Waals surface area contributed by atoms with E-state index in [9.17, 15) is 13.6 Å². The van der Waals surface area contributed by atoms with Gasteiger partial charge in [-0.25, -0.2) is 4.79 Å². The molecular weight excluding hydrogens is 188 g/mol. The maximum atomic E-state index is 12.9. The van der Waals surface area contributed by atoms with Crippen LogP contribution in [0.4, 0.5) is 8.78 Å². The van der Waals surface area contributed by atoms with Gasteiger partial charge in [0.1, 0.15) is 0 Å². The molecule has 2 nitrogen and oxygen atoms in total. The van der Waals surface area contributed by atoms with E-state index in [4.69, 9.17) is 0 Å². The Hall–Kier alpha value is -0.760. The van der Waals surface area contributed by atoms with E-state index in [-0.39, 0.29) is 12.3 Å². The molecule has 0 radical (unpaired) electrons. The van der Waals surface area contributed by atoms with Crippen molar-refractivity contribution < 1.29 is 13.6 Å². The predicted molar refractivity (Wildman–Crippen MR) is 48.9 cm³/mol. The largest absolute Gasteiger partial charge is 0.352 e. The van der Waals surface area contributed by atoms with Crippen molar-refractivity contribution in [2.45, 2.75) is 51.0 Å². The smallest absolute Gasteiger partial charge is 0.211 e. The molecule has 0 aliphatic heterocycles. The fourth-order valence-corrected chi connectivity index (χ4v) is 2.03. The second-order valence-corrected chi connectivity index (χ2v) is 3.93. The molecule has 0 amide bonds. The van der Waals surface area contributed by atoms with Crippen LogP contribution in [-0.4, -0.2) is 12.1 Å². The second-order valence-electron chi connectivity index (χ2n) is 3.93. The van der Waals surface area contributed by atoms with Crippen LogP contribution in [-0.2, 0) is 4.79 Å². The minimum absolute atomic E-state index is 0.0181. The summed E-state index contributed by atoms with van der Waals surface area (Å²) in [6, 6.07) is -3.20. The van der Waals surface area contributed by atoms with Crippen LogP contribution in [0, 0.1) is 5.92 Å². The summed E-state index contributed by atoms with van der Waals surface area (Å²) in [5.41, 5.74) is 0. The third-order valence-electron chi connectivity index (χ3n) is 2.72. The van der Waals surface area contributed by atoms with E-state index in [1.807, 2.05) is 0 Å². The quantitative estimate of drug-likeness (QED) is 0.299. The Bertz CT molecular complexity index is 216. The molecule has 1 rings (SSSR count). The minimum atomic E-state index is -3.20. The lowest BCUT2D eigenvalue weighted by Crippen LogP contribution is -2.18. The van der Waals surface area contributed by atoms with Crippen LogP contribution in [0.15, 0.2) is 4.99 Å². The van der Waals surface area contributed by atoms with Gasteiger partial charge in [0.05, 0.1) is 0 Å². The first kappa shape index (κ1) is 11.3. The van der Waals surface area contributed by atoms with Gasteiger partial charge in [0, 0.05) is 6.42 Å². The molecule has 14 heavy (non-hydrogen) atoms. The van der Waals surface area contributed by atoms with Gasteiger partial charge in [-0.15, -0.1) is 4.99 Å². The highest BCUT2D eigenvalue weighted by atomic mass is 19.3. The summed E-state index contributed by atoms with van der Waals surface area (Å²) in [5, 5.41) is 0. The third-order valence-corrected chi connectivity index (χ3v) is 2.72. The Morgan fingerprint density at radius 2 is 1.79 bits per heavy atom. The third kappa shape index (κ3) is 3.97. The average molecular weight is 203 g/mol. The van der Waals surface area contributed by atoms with Crippen LogP contribution in [0.3, 0.4) is 0 Å². The van der Waals surface area contributed by atoms with Crippen LogP contribution < -0.4 is 0 Å². The normalized spacial score (nSPS) is 19.9. The number of alkyl halides is 2. The molecule has 1 fully saturated rings. The summed E-state index contributed by atoms with van der Waals surface area (Å²) < 4.78 is 25.8. The summed E-state index contributed by atoms with van der Waals surface area (Å²) in [4.78, 5) is 12.3. The maximum Gasteiger partial charge on any atom is 0.352 e. The van der Waals surface area contributed by atoms with Crippen LogP contribution >= 0.6 is 0 Å². The molecule has 4 heteroatoms. The molecule has 1 aliphatic rings. The SMILES string of the molecule is O=C=NC(F)(F)CC1CCCCCC1. The van der Waals surface area contributed by atoms with Gasteiger partial charge in [-0.1, -0.05) is 38.5 Å². The molecule has 0 saturated heterocycles.